The topological polar surface area (TPSA) is 46.6 Å². The van der Waals surface area contributed by atoms with E-state index in [9.17, 15) is 9.59 Å². The van der Waals surface area contributed by atoms with E-state index in [4.69, 9.17) is 4.74 Å². The van der Waals surface area contributed by atoms with Gasteiger partial charge >= 0.3 is 6.09 Å². The van der Waals surface area contributed by atoms with Crippen molar-refractivity contribution in [1.82, 2.24) is 4.90 Å². The van der Waals surface area contributed by atoms with Crippen molar-refractivity contribution in [1.29, 1.82) is 0 Å². The van der Waals surface area contributed by atoms with Crippen LogP contribution in [0.25, 0.3) is 11.1 Å². The summed E-state index contributed by atoms with van der Waals surface area (Å²) in [6.45, 7) is 9.95. The maximum absolute atomic E-state index is 13.8. The van der Waals surface area contributed by atoms with Gasteiger partial charge in [-0.1, -0.05) is 81.3 Å². The third-order valence-corrected chi connectivity index (χ3v) is 9.64. The summed E-state index contributed by atoms with van der Waals surface area (Å²) in [5, 5.41) is 0. The Morgan fingerprint density at radius 1 is 0.946 bits per heavy atom. The molecule has 1 aliphatic heterocycles. The van der Waals surface area contributed by atoms with Crippen LogP contribution in [0.4, 0.5) is 4.79 Å². The van der Waals surface area contributed by atoms with Gasteiger partial charge in [0.25, 0.3) is 0 Å². The molecule has 2 aromatic rings. The molecule has 6 heteroatoms. The molecule has 2 atom stereocenters. The zero-order valence-corrected chi connectivity index (χ0v) is 24.7. The van der Waals surface area contributed by atoms with Gasteiger partial charge in [-0.2, -0.15) is 0 Å². The maximum atomic E-state index is 13.8. The first-order chi connectivity index (χ1) is 17.7. The normalized spacial score (nSPS) is 18.0. The van der Waals surface area contributed by atoms with Crippen LogP contribution in [0.2, 0.25) is 0 Å². The Kier molecular flexibility index (Phi) is 11.4. The number of carbonyl (C=O) groups excluding carboxylic acids is 2. The number of benzene rings is 2. The number of thioether (sulfide) groups is 2. The molecule has 3 rings (SSSR count). The summed E-state index contributed by atoms with van der Waals surface area (Å²) in [6.07, 6.45) is 5.38. The lowest BCUT2D eigenvalue weighted by atomic mass is 9.98. The number of hydrogen-bond donors (Lipinski definition) is 0. The third-order valence-electron chi connectivity index (χ3n) is 6.46. The highest BCUT2D eigenvalue weighted by molar-refractivity contribution is 8.17. The first-order valence-corrected chi connectivity index (χ1v) is 15.8. The van der Waals surface area contributed by atoms with Gasteiger partial charge in [0.15, 0.2) is 0 Å². The molecule has 1 fully saturated rings. The van der Waals surface area contributed by atoms with Gasteiger partial charge < -0.3 is 4.74 Å². The van der Waals surface area contributed by atoms with E-state index in [0.29, 0.717) is 12.8 Å². The Balaban J connectivity index is 1.81. The Morgan fingerprint density at radius 3 is 2.05 bits per heavy atom. The van der Waals surface area contributed by atoms with Crippen LogP contribution in [0.5, 0.6) is 0 Å². The number of carbonyl (C=O) groups is 2. The summed E-state index contributed by atoms with van der Waals surface area (Å²) in [7, 11) is 0. The average molecular weight is 542 g/mol. The average Bonchev–Trinajstić information content (AvgIpc) is 3.18. The standard InChI is InChI=1S/C31H43NO3S2/c1-6-8-19-36-29(37-20-9-7-2)27-22-26(32(28(27)33)30(34)35-31(3,4)5)21-23-15-17-25(18-16-23)24-13-11-10-12-14-24/h10-18,26-27,29H,6-9,19-22H2,1-5H3/t26?,27-/m0/s1. The molecule has 4 nitrogen and oxygen atoms in total. The van der Waals surface area contributed by atoms with Crippen molar-refractivity contribution in [2.75, 3.05) is 11.5 Å². The quantitative estimate of drug-likeness (QED) is 0.199. The van der Waals surface area contributed by atoms with E-state index in [0.717, 1.165) is 48.3 Å². The van der Waals surface area contributed by atoms with Crippen molar-refractivity contribution >= 4 is 35.5 Å². The minimum absolute atomic E-state index is 0.0712. The molecule has 1 saturated heterocycles. The van der Waals surface area contributed by atoms with Crippen LogP contribution in [0.3, 0.4) is 0 Å². The van der Waals surface area contributed by atoms with E-state index in [1.165, 1.54) is 10.5 Å². The molecule has 1 aliphatic rings. The van der Waals surface area contributed by atoms with Gasteiger partial charge in [-0.05, 0) is 74.7 Å². The Labute approximate surface area is 232 Å². The molecule has 2 amide bonds. The molecule has 0 spiro atoms. The smallest absolute Gasteiger partial charge is 0.417 e. The van der Waals surface area contributed by atoms with Gasteiger partial charge in [-0.15, -0.1) is 23.5 Å². The lowest BCUT2D eigenvalue weighted by Crippen LogP contribution is -2.44. The first-order valence-electron chi connectivity index (χ1n) is 13.7. The van der Waals surface area contributed by atoms with Crippen molar-refractivity contribution in [3.63, 3.8) is 0 Å². The molecule has 2 aromatic carbocycles. The highest BCUT2D eigenvalue weighted by Gasteiger charge is 2.47. The van der Waals surface area contributed by atoms with Crippen molar-refractivity contribution in [2.24, 2.45) is 5.92 Å². The summed E-state index contributed by atoms with van der Waals surface area (Å²) in [4.78, 5) is 28.5. The largest absolute Gasteiger partial charge is 0.443 e. The summed E-state index contributed by atoms with van der Waals surface area (Å²) >= 11 is 3.79. The molecule has 0 aromatic heterocycles. The van der Waals surface area contributed by atoms with Crippen LogP contribution in [-0.4, -0.2) is 44.6 Å². The van der Waals surface area contributed by atoms with Gasteiger partial charge in [-0.25, -0.2) is 9.69 Å². The van der Waals surface area contributed by atoms with E-state index in [-0.39, 0.29) is 22.4 Å². The minimum Gasteiger partial charge on any atom is -0.443 e. The lowest BCUT2D eigenvalue weighted by Gasteiger charge is -2.27. The first kappa shape index (κ1) is 29.6. The second kappa shape index (κ2) is 14.3. The summed E-state index contributed by atoms with van der Waals surface area (Å²) in [5.41, 5.74) is 2.81. The number of amides is 2. The van der Waals surface area contributed by atoms with Gasteiger partial charge in [0.1, 0.15) is 5.60 Å². The Bertz CT molecular complexity index is 978. The highest BCUT2D eigenvalue weighted by Crippen LogP contribution is 2.41. The number of nitrogens with zero attached hydrogens (tertiary/aromatic N) is 1. The van der Waals surface area contributed by atoms with Gasteiger partial charge in [-0.3, -0.25) is 4.79 Å². The number of hydrogen-bond acceptors (Lipinski definition) is 5. The predicted octanol–water partition coefficient (Wildman–Crippen LogP) is 8.44. The van der Waals surface area contributed by atoms with Gasteiger partial charge in [0, 0.05) is 6.04 Å². The molecule has 1 heterocycles. The molecule has 0 N–H and O–H groups in total. The van der Waals surface area contributed by atoms with Crippen LogP contribution >= 0.6 is 23.5 Å². The van der Waals surface area contributed by atoms with E-state index in [1.807, 2.05) is 62.5 Å². The van der Waals surface area contributed by atoms with Gasteiger partial charge in [0.2, 0.25) is 5.91 Å². The third kappa shape index (κ3) is 8.81. The second-order valence-electron chi connectivity index (χ2n) is 10.8. The maximum Gasteiger partial charge on any atom is 0.417 e. The van der Waals surface area contributed by atoms with Crippen LogP contribution in [0.1, 0.15) is 72.3 Å². The SMILES string of the molecule is CCCCSC(SCCCC)[C@H]1CC(Cc2ccc(-c3ccccc3)cc2)N(C(=O)OC(C)(C)C)C1=O. The van der Waals surface area contributed by atoms with Crippen LogP contribution in [0, 0.1) is 5.92 Å². The van der Waals surface area contributed by atoms with E-state index < -0.39 is 11.7 Å². The fraction of sp³-hybridized carbons (Fsp3) is 0.548. The Hall–Kier alpha value is -1.92. The molecule has 0 radical (unpaired) electrons. The lowest BCUT2D eigenvalue weighted by molar-refractivity contribution is -0.130. The van der Waals surface area contributed by atoms with Crippen molar-refractivity contribution in [3.05, 3.63) is 60.2 Å². The molecule has 0 bridgehead atoms. The summed E-state index contributed by atoms with van der Waals surface area (Å²) in [5.74, 6) is 1.84. The monoisotopic (exact) mass is 541 g/mol. The zero-order valence-electron chi connectivity index (χ0n) is 23.1. The predicted molar refractivity (Wildman–Crippen MR) is 159 cm³/mol. The number of ether oxygens (including phenoxy) is 1. The second-order valence-corrected chi connectivity index (χ2v) is 13.6. The number of unbranched alkanes of at least 4 members (excludes halogenated alkanes) is 2. The van der Waals surface area contributed by atoms with Crippen molar-refractivity contribution < 1.29 is 14.3 Å². The van der Waals surface area contributed by atoms with E-state index >= 15 is 0 Å². The number of rotatable bonds is 12. The molecule has 0 aliphatic carbocycles. The summed E-state index contributed by atoms with van der Waals surface area (Å²) < 4.78 is 5.88. The van der Waals surface area contributed by atoms with Crippen molar-refractivity contribution in [3.8, 4) is 11.1 Å². The minimum atomic E-state index is -0.650. The van der Waals surface area contributed by atoms with E-state index in [2.05, 4.69) is 50.2 Å². The van der Waals surface area contributed by atoms with Crippen LogP contribution < -0.4 is 0 Å². The fourth-order valence-electron chi connectivity index (χ4n) is 4.51. The zero-order chi connectivity index (χ0) is 26.8. The highest BCUT2D eigenvalue weighted by atomic mass is 32.2. The summed E-state index contributed by atoms with van der Waals surface area (Å²) in [6, 6.07) is 18.6. The molecular formula is C31H43NO3S2. The molecule has 0 saturated carbocycles. The van der Waals surface area contributed by atoms with E-state index in [1.54, 1.807) is 0 Å². The Morgan fingerprint density at radius 2 is 1.51 bits per heavy atom. The van der Waals surface area contributed by atoms with Crippen molar-refractivity contribution in [2.45, 2.75) is 89.4 Å². The molecule has 1 unspecified atom stereocenters. The number of likely N-dealkylation sites (tertiary alicyclic amines) is 1. The molecule has 202 valence electrons. The molecule has 37 heavy (non-hydrogen) atoms. The van der Waals surface area contributed by atoms with Gasteiger partial charge in [0.05, 0.1) is 10.5 Å². The fourth-order valence-corrected chi connectivity index (χ4v) is 7.77. The molecular weight excluding hydrogens is 498 g/mol. The van der Waals surface area contributed by atoms with Crippen LogP contribution in [0.15, 0.2) is 54.6 Å². The van der Waals surface area contributed by atoms with Crippen LogP contribution in [-0.2, 0) is 16.0 Å². The number of imide groups is 1.